The van der Waals surface area contributed by atoms with E-state index in [1.165, 1.54) is 0 Å². The van der Waals surface area contributed by atoms with Crippen molar-refractivity contribution in [3.8, 4) is 22.6 Å². The number of hydrogen-bond acceptors (Lipinski definition) is 3. The molecule has 3 aromatic rings. The number of phenols is 1. The second kappa shape index (κ2) is 5.41. The predicted octanol–water partition coefficient (Wildman–Crippen LogP) is 3.32. The molecule has 22 heavy (non-hydrogen) atoms. The van der Waals surface area contributed by atoms with Crippen LogP contribution in [0.3, 0.4) is 0 Å². The molecule has 0 aliphatic rings. The number of primary amides is 1. The van der Waals surface area contributed by atoms with Crippen LogP contribution in [-0.2, 0) is 0 Å². The van der Waals surface area contributed by atoms with Crippen LogP contribution in [-0.4, -0.2) is 18.1 Å². The fourth-order valence-electron chi connectivity index (χ4n) is 2.66. The number of amides is 1. The molecular formula is C18H15NO3. The molecule has 0 heterocycles. The number of aromatic hydroxyl groups is 1. The predicted molar refractivity (Wildman–Crippen MR) is 86.1 cm³/mol. The van der Waals surface area contributed by atoms with Gasteiger partial charge in [-0.2, -0.15) is 0 Å². The standard InChI is InChI=1S/C18H15NO3/c1-22-15-9-5-4-8-13(15)14-10-11-6-2-3-7-12(11)16(17(14)20)18(19)21/h2-10,20H,1H3,(H2,19,21). The largest absolute Gasteiger partial charge is 0.506 e. The van der Waals surface area contributed by atoms with Crippen molar-refractivity contribution in [2.75, 3.05) is 7.11 Å². The number of hydrogen-bond donors (Lipinski definition) is 2. The topological polar surface area (TPSA) is 72.5 Å². The third kappa shape index (κ3) is 2.15. The van der Waals surface area contributed by atoms with Crippen LogP contribution in [0.2, 0.25) is 0 Å². The van der Waals surface area contributed by atoms with E-state index in [4.69, 9.17) is 10.5 Å². The molecule has 4 nitrogen and oxygen atoms in total. The number of carbonyl (C=O) groups is 1. The first-order valence-electron chi connectivity index (χ1n) is 6.81. The number of rotatable bonds is 3. The van der Waals surface area contributed by atoms with Gasteiger partial charge in [-0.25, -0.2) is 0 Å². The second-order valence-corrected chi connectivity index (χ2v) is 4.93. The number of benzene rings is 3. The zero-order chi connectivity index (χ0) is 15.7. The van der Waals surface area contributed by atoms with E-state index in [0.29, 0.717) is 22.3 Å². The van der Waals surface area contributed by atoms with Gasteiger partial charge >= 0.3 is 0 Å². The molecule has 1 amide bonds. The summed E-state index contributed by atoms with van der Waals surface area (Å²) in [5.41, 5.74) is 6.81. The molecule has 3 N–H and O–H groups in total. The van der Waals surface area contributed by atoms with Gasteiger partial charge < -0.3 is 15.6 Å². The lowest BCUT2D eigenvalue weighted by molar-refractivity contribution is 0.0999. The SMILES string of the molecule is COc1ccccc1-c1cc2ccccc2c(C(N)=O)c1O. The van der Waals surface area contributed by atoms with Crippen LogP contribution in [0.15, 0.2) is 54.6 Å². The average molecular weight is 293 g/mol. The first-order chi connectivity index (χ1) is 10.6. The minimum absolute atomic E-state index is 0.124. The van der Waals surface area contributed by atoms with Crippen LogP contribution in [0.1, 0.15) is 10.4 Å². The molecule has 3 rings (SSSR count). The second-order valence-electron chi connectivity index (χ2n) is 4.93. The summed E-state index contributed by atoms with van der Waals surface area (Å²) >= 11 is 0. The molecule has 0 radical (unpaired) electrons. The van der Waals surface area contributed by atoms with Gasteiger partial charge in [0.15, 0.2) is 0 Å². The van der Waals surface area contributed by atoms with E-state index in [9.17, 15) is 9.90 Å². The molecular weight excluding hydrogens is 278 g/mol. The molecule has 0 unspecified atom stereocenters. The summed E-state index contributed by atoms with van der Waals surface area (Å²) in [6.45, 7) is 0. The molecule has 0 aliphatic heterocycles. The number of para-hydroxylation sites is 1. The van der Waals surface area contributed by atoms with Gasteiger partial charge in [0.25, 0.3) is 5.91 Å². The molecule has 3 aromatic carbocycles. The molecule has 110 valence electrons. The van der Waals surface area contributed by atoms with Crippen molar-refractivity contribution in [3.05, 3.63) is 60.2 Å². The average Bonchev–Trinajstić information content (AvgIpc) is 2.53. The number of fused-ring (bicyclic) bond motifs is 1. The van der Waals surface area contributed by atoms with Crippen molar-refractivity contribution in [2.45, 2.75) is 0 Å². The molecule has 0 spiro atoms. The number of carbonyl (C=O) groups excluding carboxylic acids is 1. The fraction of sp³-hybridized carbons (Fsp3) is 0.0556. The van der Waals surface area contributed by atoms with Crippen molar-refractivity contribution < 1.29 is 14.6 Å². The monoisotopic (exact) mass is 293 g/mol. The molecule has 0 saturated heterocycles. The summed E-state index contributed by atoms with van der Waals surface area (Å²) in [5.74, 6) is -0.176. The molecule has 0 aromatic heterocycles. The van der Waals surface area contributed by atoms with Crippen molar-refractivity contribution in [1.82, 2.24) is 0 Å². The number of nitrogens with two attached hydrogens (primary N) is 1. The lowest BCUT2D eigenvalue weighted by Crippen LogP contribution is -2.12. The van der Waals surface area contributed by atoms with Crippen LogP contribution < -0.4 is 10.5 Å². The van der Waals surface area contributed by atoms with Gasteiger partial charge in [-0.05, 0) is 22.9 Å². The Kier molecular flexibility index (Phi) is 3.43. The summed E-state index contributed by atoms with van der Waals surface area (Å²) in [5, 5.41) is 12.0. The number of methoxy groups -OCH3 is 1. The van der Waals surface area contributed by atoms with Crippen molar-refractivity contribution in [2.24, 2.45) is 5.73 Å². The van der Waals surface area contributed by atoms with Crippen molar-refractivity contribution in [1.29, 1.82) is 0 Å². The van der Waals surface area contributed by atoms with E-state index in [-0.39, 0.29) is 11.3 Å². The van der Waals surface area contributed by atoms with Gasteiger partial charge in [0, 0.05) is 11.1 Å². The van der Waals surface area contributed by atoms with Crippen LogP contribution in [0.5, 0.6) is 11.5 Å². The Bertz CT molecular complexity index is 871. The Morgan fingerprint density at radius 3 is 2.45 bits per heavy atom. The van der Waals surface area contributed by atoms with Gasteiger partial charge in [0.1, 0.15) is 11.5 Å². The Labute approximate surface area is 127 Å². The minimum Gasteiger partial charge on any atom is -0.506 e. The Morgan fingerprint density at radius 1 is 1.05 bits per heavy atom. The first kappa shape index (κ1) is 13.9. The normalized spacial score (nSPS) is 10.6. The van der Waals surface area contributed by atoms with E-state index in [1.54, 1.807) is 25.3 Å². The molecule has 4 heteroatoms. The minimum atomic E-state index is -0.662. The summed E-state index contributed by atoms with van der Waals surface area (Å²) in [4.78, 5) is 11.8. The van der Waals surface area contributed by atoms with Gasteiger partial charge in [0.05, 0.1) is 12.7 Å². The molecule has 0 saturated carbocycles. The third-order valence-electron chi connectivity index (χ3n) is 3.67. The Balaban J connectivity index is 2.40. The van der Waals surface area contributed by atoms with E-state index in [2.05, 4.69) is 0 Å². The zero-order valence-corrected chi connectivity index (χ0v) is 12.0. The third-order valence-corrected chi connectivity index (χ3v) is 3.67. The van der Waals surface area contributed by atoms with E-state index in [1.807, 2.05) is 36.4 Å². The lowest BCUT2D eigenvalue weighted by atomic mass is 9.94. The summed E-state index contributed by atoms with van der Waals surface area (Å²) in [6.07, 6.45) is 0. The molecule has 0 bridgehead atoms. The van der Waals surface area contributed by atoms with Gasteiger partial charge in [-0.15, -0.1) is 0 Å². The van der Waals surface area contributed by atoms with Crippen LogP contribution in [0, 0.1) is 0 Å². The van der Waals surface area contributed by atoms with Crippen LogP contribution in [0.4, 0.5) is 0 Å². The Hall–Kier alpha value is -3.01. The highest BCUT2D eigenvalue weighted by atomic mass is 16.5. The maximum atomic E-state index is 11.8. The summed E-state index contributed by atoms with van der Waals surface area (Å²) in [7, 11) is 1.56. The summed E-state index contributed by atoms with van der Waals surface area (Å²) in [6, 6.07) is 16.5. The lowest BCUT2D eigenvalue weighted by Gasteiger charge is -2.14. The van der Waals surface area contributed by atoms with Crippen LogP contribution >= 0.6 is 0 Å². The molecule has 0 atom stereocenters. The van der Waals surface area contributed by atoms with Crippen LogP contribution in [0.25, 0.3) is 21.9 Å². The highest BCUT2D eigenvalue weighted by molar-refractivity contribution is 6.11. The van der Waals surface area contributed by atoms with Gasteiger partial charge in [-0.1, -0.05) is 42.5 Å². The quantitative estimate of drug-likeness (QED) is 0.778. The maximum Gasteiger partial charge on any atom is 0.253 e. The molecule has 0 fully saturated rings. The highest BCUT2D eigenvalue weighted by Crippen LogP contribution is 2.41. The van der Waals surface area contributed by atoms with Crippen molar-refractivity contribution in [3.63, 3.8) is 0 Å². The Morgan fingerprint density at radius 2 is 1.73 bits per heavy atom. The summed E-state index contributed by atoms with van der Waals surface area (Å²) < 4.78 is 5.34. The van der Waals surface area contributed by atoms with E-state index >= 15 is 0 Å². The first-order valence-corrected chi connectivity index (χ1v) is 6.81. The van der Waals surface area contributed by atoms with Gasteiger partial charge in [0.2, 0.25) is 0 Å². The smallest absolute Gasteiger partial charge is 0.253 e. The van der Waals surface area contributed by atoms with Gasteiger partial charge in [-0.3, -0.25) is 4.79 Å². The highest BCUT2D eigenvalue weighted by Gasteiger charge is 2.19. The molecule has 0 aliphatic carbocycles. The number of ether oxygens (including phenoxy) is 1. The van der Waals surface area contributed by atoms with E-state index in [0.717, 1.165) is 5.39 Å². The maximum absolute atomic E-state index is 11.8. The zero-order valence-electron chi connectivity index (χ0n) is 12.0. The fourth-order valence-corrected chi connectivity index (χ4v) is 2.66. The van der Waals surface area contributed by atoms with Crippen molar-refractivity contribution >= 4 is 16.7 Å². The van der Waals surface area contributed by atoms with E-state index < -0.39 is 5.91 Å².